The van der Waals surface area contributed by atoms with E-state index >= 15 is 0 Å². The molecule has 1 rings (SSSR count). The molecule has 1 N–H and O–H groups in total. The molecule has 0 saturated carbocycles. The van der Waals surface area contributed by atoms with Crippen LogP contribution in [0.5, 0.6) is 0 Å². The van der Waals surface area contributed by atoms with Gasteiger partial charge in [0.1, 0.15) is 7.99 Å². The van der Waals surface area contributed by atoms with Crippen molar-refractivity contribution < 1.29 is 4.43 Å². The molecule has 17 heavy (non-hydrogen) atoms. The first-order valence-corrected chi connectivity index (χ1v) is 17.3. The summed E-state index contributed by atoms with van der Waals surface area (Å²) in [6.45, 7) is 19.3. The molecule has 2 unspecified atom stereocenters. The van der Waals surface area contributed by atoms with Gasteiger partial charge in [0.05, 0.1) is 7.59 Å². The number of nitrogens with one attached hydrogen (secondary N) is 1. The Kier molecular flexibility index (Phi) is 4.52. The van der Waals surface area contributed by atoms with E-state index in [1.165, 1.54) is 12.5 Å². The van der Waals surface area contributed by atoms with Crippen LogP contribution in [0.2, 0.25) is 32.2 Å². The highest BCUT2D eigenvalue weighted by molar-refractivity contribution is 7.59. The fourth-order valence-electron chi connectivity index (χ4n) is 3.78. The molecule has 1 saturated heterocycles. The van der Waals surface area contributed by atoms with Crippen LogP contribution in [0.4, 0.5) is 0 Å². The van der Waals surface area contributed by atoms with Crippen LogP contribution in [0.3, 0.4) is 0 Å². The Hall–Kier alpha value is 0.571. The van der Waals surface area contributed by atoms with Gasteiger partial charge in [-0.2, -0.15) is 0 Å². The van der Waals surface area contributed by atoms with Crippen LogP contribution in [0.1, 0.15) is 34.1 Å². The topological polar surface area (TPSA) is 21.3 Å². The van der Waals surface area contributed by atoms with Crippen LogP contribution < -0.4 is 4.98 Å². The van der Waals surface area contributed by atoms with Gasteiger partial charge in [-0.3, -0.25) is 0 Å². The Morgan fingerprint density at radius 2 is 1.82 bits per heavy atom. The molecule has 1 aliphatic heterocycles. The minimum absolute atomic E-state index is 0.131. The van der Waals surface area contributed by atoms with Gasteiger partial charge in [-0.25, -0.2) is 0 Å². The lowest BCUT2D eigenvalue weighted by Crippen LogP contribution is -2.77. The van der Waals surface area contributed by atoms with E-state index in [1.54, 1.807) is 0 Å². The molecule has 0 bridgehead atoms. The smallest absolute Gasteiger partial charge is 0.185 e. The summed E-state index contributed by atoms with van der Waals surface area (Å²) in [6.07, 6.45) is 1.24. The molecule has 1 aliphatic rings. The molecule has 1 fully saturated rings. The molecular formula is C12H31NOSi3. The van der Waals surface area contributed by atoms with E-state index in [2.05, 4.69) is 58.9 Å². The summed E-state index contributed by atoms with van der Waals surface area (Å²) in [5, 5.41) is 0. The molecule has 0 aromatic heterocycles. The lowest BCUT2D eigenvalue weighted by atomic mass is 10.2. The summed E-state index contributed by atoms with van der Waals surface area (Å²) in [4.78, 5) is 4.02. The third-order valence-corrected chi connectivity index (χ3v) is 34.8. The molecule has 102 valence electrons. The summed E-state index contributed by atoms with van der Waals surface area (Å²) in [5.74, 6) is 0. The third-order valence-electron chi connectivity index (χ3n) is 3.96. The first-order valence-electron chi connectivity index (χ1n) is 6.96. The van der Waals surface area contributed by atoms with Crippen molar-refractivity contribution >= 4 is 23.4 Å². The molecular weight excluding hydrogens is 258 g/mol. The van der Waals surface area contributed by atoms with Gasteiger partial charge in [-0.05, 0) is 45.4 Å². The van der Waals surface area contributed by atoms with E-state index in [0.29, 0.717) is 6.04 Å². The summed E-state index contributed by atoms with van der Waals surface area (Å²) in [5.41, 5.74) is 0.131. The van der Waals surface area contributed by atoms with Crippen molar-refractivity contribution in [3.63, 3.8) is 0 Å². The van der Waals surface area contributed by atoms with E-state index in [9.17, 15) is 0 Å². The SMILES string of the molecule is CCC(C)N[SiH]1[Si](C)(C)CC(C)(C)O[Si]1(C)C. The van der Waals surface area contributed by atoms with Crippen molar-refractivity contribution in [3.05, 3.63) is 0 Å². The minimum atomic E-state index is -1.48. The number of rotatable bonds is 3. The van der Waals surface area contributed by atoms with Gasteiger partial charge in [0.15, 0.2) is 7.83 Å². The maximum atomic E-state index is 6.53. The molecule has 0 radical (unpaired) electrons. The predicted octanol–water partition coefficient (Wildman–Crippen LogP) is 2.98. The van der Waals surface area contributed by atoms with Crippen molar-refractivity contribution in [2.24, 2.45) is 0 Å². The molecule has 0 aromatic rings. The average Bonchev–Trinajstić information content (AvgIpc) is 2.07. The van der Waals surface area contributed by atoms with Crippen molar-refractivity contribution in [1.29, 1.82) is 0 Å². The Morgan fingerprint density at radius 3 is 2.24 bits per heavy atom. The standard InChI is InChI=1S/C12H31NOSi3/c1-9-11(2)13-15-16(5,6)10-12(3,4)14-17(15,7)8/h11,13,15H,9-10H2,1-8H3. The molecule has 5 heteroatoms. The Bertz CT molecular complexity index is 259. The predicted molar refractivity (Wildman–Crippen MR) is 85.0 cm³/mol. The molecule has 2 nitrogen and oxygen atoms in total. The van der Waals surface area contributed by atoms with Crippen molar-refractivity contribution in [2.75, 3.05) is 0 Å². The maximum Gasteiger partial charge on any atom is 0.185 e. The normalized spacial score (nSPS) is 32.1. The summed E-state index contributed by atoms with van der Waals surface area (Å²) in [6, 6.07) is 2.01. The van der Waals surface area contributed by atoms with Crippen LogP contribution in [-0.4, -0.2) is 35.1 Å². The zero-order valence-corrected chi connectivity index (χ0v) is 16.1. The van der Waals surface area contributed by atoms with Gasteiger partial charge in [0.25, 0.3) is 0 Å². The quantitative estimate of drug-likeness (QED) is 0.807. The maximum absolute atomic E-state index is 6.53. The van der Waals surface area contributed by atoms with E-state index in [-0.39, 0.29) is 5.60 Å². The van der Waals surface area contributed by atoms with Crippen molar-refractivity contribution in [1.82, 2.24) is 4.98 Å². The second kappa shape index (κ2) is 4.92. The first kappa shape index (κ1) is 15.6. The van der Waals surface area contributed by atoms with E-state index in [1.807, 2.05) is 0 Å². The van der Waals surface area contributed by atoms with E-state index in [4.69, 9.17) is 4.43 Å². The van der Waals surface area contributed by atoms with Crippen molar-refractivity contribution in [2.45, 2.75) is 78.0 Å². The Balaban J connectivity index is 2.93. The lowest BCUT2D eigenvalue weighted by Gasteiger charge is -2.53. The van der Waals surface area contributed by atoms with E-state index in [0.717, 1.165) is 0 Å². The molecule has 0 aliphatic carbocycles. The molecule has 0 amide bonds. The van der Waals surface area contributed by atoms with Crippen LogP contribution in [-0.2, 0) is 4.43 Å². The number of hydrogen-bond donors (Lipinski definition) is 1. The highest BCUT2D eigenvalue weighted by Gasteiger charge is 2.55. The fraction of sp³-hybridized carbons (Fsp3) is 1.00. The van der Waals surface area contributed by atoms with Gasteiger partial charge < -0.3 is 9.41 Å². The van der Waals surface area contributed by atoms with Gasteiger partial charge >= 0.3 is 0 Å². The zero-order valence-electron chi connectivity index (χ0n) is 13.0. The second-order valence-corrected chi connectivity index (χ2v) is 30.5. The van der Waals surface area contributed by atoms with E-state index < -0.39 is 23.4 Å². The molecule has 0 spiro atoms. The summed E-state index contributed by atoms with van der Waals surface area (Å²) >= 11 is 0. The minimum Gasteiger partial charge on any atom is -0.414 e. The van der Waals surface area contributed by atoms with Crippen LogP contribution >= 0.6 is 0 Å². The van der Waals surface area contributed by atoms with Crippen molar-refractivity contribution in [3.8, 4) is 0 Å². The van der Waals surface area contributed by atoms with Gasteiger partial charge in [0, 0.05) is 5.60 Å². The van der Waals surface area contributed by atoms with Crippen LogP contribution in [0.25, 0.3) is 0 Å². The highest BCUT2D eigenvalue weighted by Crippen LogP contribution is 2.36. The Labute approximate surface area is 111 Å². The average molecular weight is 290 g/mol. The van der Waals surface area contributed by atoms with Gasteiger partial charge in [-0.15, -0.1) is 0 Å². The Morgan fingerprint density at radius 1 is 1.29 bits per heavy atom. The number of hydrogen-bond acceptors (Lipinski definition) is 2. The highest BCUT2D eigenvalue weighted by atomic mass is 29.6. The first-order chi connectivity index (χ1) is 7.50. The lowest BCUT2D eigenvalue weighted by molar-refractivity contribution is 0.122. The third kappa shape index (κ3) is 3.76. The second-order valence-electron chi connectivity index (χ2n) is 7.54. The fourth-order valence-corrected chi connectivity index (χ4v) is 43.2. The van der Waals surface area contributed by atoms with Gasteiger partial charge in [-0.1, -0.05) is 26.9 Å². The van der Waals surface area contributed by atoms with Gasteiger partial charge in [0.2, 0.25) is 0 Å². The molecule has 1 heterocycles. The largest absolute Gasteiger partial charge is 0.414 e. The summed E-state index contributed by atoms with van der Waals surface area (Å²) in [7, 11) is -3.48. The molecule has 2 atom stereocenters. The zero-order chi connectivity index (χ0) is 13.5. The monoisotopic (exact) mass is 289 g/mol. The van der Waals surface area contributed by atoms with Crippen LogP contribution in [0, 0.1) is 0 Å². The summed E-state index contributed by atoms with van der Waals surface area (Å²) < 4.78 is 6.53. The van der Waals surface area contributed by atoms with Crippen LogP contribution in [0.15, 0.2) is 0 Å². The molecule has 0 aromatic carbocycles.